The molecule has 1 aromatic heterocycles. The molecule has 178 valence electrons. The highest BCUT2D eigenvalue weighted by Crippen LogP contribution is 2.34. The van der Waals surface area contributed by atoms with Gasteiger partial charge < -0.3 is 4.74 Å². The van der Waals surface area contributed by atoms with Crippen molar-refractivity contribution in [3.63, 3.8) is 0 Å². The predicted molar refractivity (Wildman–Crippen MR) is 134 cm³/mol. The van der Waals surface area contributed by atoms with Crippen LogP contribution < -0.4 is 0 Å². The zero-order valence-electron chi connectivity index (χ0n) is 20.4. The first-order valence-corrected chi connectivity index (χ1v) is 13.5. The fourth-order valence-electron chi connectivity index (χ4n) is 4.37. The Bertz CT molecular complexity index is 652. The van der Waals surface area contributed by atoms with Gasteiger partial charge in [0.15, 0.2) is 6.23 Å². The molecule has 2 aliphatic rings. The van der Waals surface area contributed by atoms with Crippen molar-refractivity contribution < 1.29 is 4.74 Å². The summed E-state index contributed by atoms with van der Waals surface area (Å²) in [6, 6.07) is 0. The van der Waals surface area contributed by atoms with Crippen LogP contribution >= 0.6 is 0 Å². The monoisotopic (exact) mass is 439 g/mol. The van der Waals surface area contributed by atoms with Gasteiger partial charge in [-0.1, -0.05) is 96.5 Å². The zero-order valence-corrected chi connectivity index (χ0v) is 20.4. The van der Waals surface area contributed by atoms with Crippen LogP contribution in [0.15, 0.2) is 29.5 Å². The molecule has 2 atom stereocenters. The summed E-state index contributed by atoms with van der Waals surface area (Å²) in [5, 5.41) is 0. The molecule has 32 heavy (non-hydrogen) atoms. The summed E-state index contributed by atoms with van der Waals surface area (Å²) >= 11 is 0. The van der Waals surface area contributed by atoms with E-state index in [9.17, 15) is 0 Å². The van der Waals surface area contributed by atoms with Crippen molar-refractivity contribution in [2.75, 3.05) is 6.61 Å². The van der Waals surface area contributed by atoms with Gasteiger partial charge in [-0.15, -0.1) is 0 Å². The average molecular weight is 440 g/mol. The van der Waals surface area contributed by atoms with Gasteiger partial charge in [0.05, 0.1) is 17.3 Å². The SMILES string of the molecule is CCCCCCCOC1C=CC(c2cnc(CCCCCCCCCC3CC3)cn2)C=N1. The highest BCUT2D eigenvalue weighted by atomic mass is 16.5. The van der Waals surface area contributed by atoms with E-state index in [1.54, 1.807) is 0 Å². The number of aliphatic imine (C=N–C) groups is 1. The molecule has 0 N–H and O–H groups in total. The first-order chi connectivity index (χ1) is 15.8. The molecule has 0 aromatic carbocycles. The minimum Gasteiger partial charge on any atom is -0.353 e. The summed E-state index contributed by atoms with van der Waals surface area (Å²) in [6.45, 7) is 3.03. The Morgan fingerprint density at radius 2 is 1.56 bits per heavy atom. The smallest absolute Gasteiger partial charge is 0.166 e. The van der Waals surface area contributed by atoms with Gasteiger partial charge in [-0.05, 0) is 31.3 Å². The van der Waals surface area contributed by atoms with Crippen LogP contribution in [0.4, 0.5) is 0 Å². The Hall–Kier alpha value is -1.55. The molecule has 0 spiro atoms. The molecule has 0 saturated heterocycles. The summed E-state index contributed by atoms with van der Waals surface area (Å²) in [5.41, 5.74) is 2.08. The van der Waals surface area contributed by atoms with E-state index in [-0.39, 0.29) is 12.1 Å². The number of hydrogen-bond acceptors (Lipinski definition) is 4. The van der Waals surface area contributed by atoms with E-state index in [0.29, 0.717) is 0 Å². The minimum absolute atomic E-state index is 0.112. The van der Waals surface area contributed by atoms with E-state index in [0.717, 1.165) is 36.8 Å². The molecule has 3 rings (SSSR count). The number of unbranched alkanes of at least 4 members (excludes halogenated alkanes) is 10. The maximum absolute atomic E-state index is 5.85. The van der Waals surface area contributed by atoms with Crippen LogP contribution in [0.5, 0.6) is 0 Å². The molecule has 1 saturated carbocycles. The Balaban J connectivity index is 1.22. The van der Waals surface area contributed by atoms with Crippen LogP contribution in [0.1, 0.15) is 121 Å². The second-order valence-electron chi connectivity index (χ2n) is 9.77. The molecule has 4 heteroatoms. The summed E-state index contributed by atoms with van der Waals surface area (Å²) in [4.78, 5) is 13.9. The molecule has 4 nitrogen and oxygen atoms in total. The van der Waals surface area contributed by atoms with Gasteiger partial charge >= 0.3 is 0 Å². The fourth-order valence-corrected chi connectivity index (χ4v) is 4.37. The third kappa shape index (κ3) is 10.4. The lowest BCUT2D eigenvalue weighted by molar-refractivity contribution is 0.0870. The number of allylic oxidation sites excluding steroid dienone is 1. The third-order valence-corrected chi connectivity index (χ3v) is 6.72. The van der Waals surface area contributed by atoms with E-state index in [2.05, 4.69) is 34.0 Å². The first kappa shape index (κ1) is 25.1. The molecule has 0 radical (unpaired) electrons. The highest BCUT2D eigenvalue weighted by molar-refractivity contribution is 5.71. The quantitative estimate of drug-likeness (QED) is 0.175. The summed E-state index contributed by atoms with van der Waals surface area (Å²) in [7, 11) is 0. The molecular weight excluding hydrogens is 394 g/mol. The minimum atomic E-state index is -0.136. The second kappa shape index (κ2) is 15.3. The number of ether oxygens (including phenoxy) is 1. The lowest BCUT2D eigenvalue weighted by Crippen LogP contribution is -2.15. The molecule has 1 aliphatic heterocycles. The Kier molecular flexibility index (Phi) is 12.0. The number of nitrogens with zero attached hydrogens (tertiary/aromatic N) is 3. The molecule has 1 fully saturated rings. The van der Waals surface area contributed by atoms with Crippen molar-refractivity contribution in [1.29, 1.82) is 0 Å². The van der Waals surface area contributed by atoms with Gasteiger partial charge in [-0.3, -0.25) is 15.0 Å². The lowest BCUT2D eigenvalue weighted by Gasteiger charge is -2.16. The number of aryl methyl sites for hydroxylation is 1. The standard InChI is InChI=1S/C28H45N3O/c1-2-3-4-10-13-20-32-28-19-18-25(21-31-28)27-23-29-26(22-30-27)15-12-9-7-5-6-8-11-14-24-16-17-24/h18-19,21-25,28H,2-17,20H2,1H3. The van der Waals surface area contributed by atoms with E-state index in [4.69, 9.17) is 4.74 Å². The van der Waals surface area contributed by atoms with Crippen molar-refractivity contribution >= 4 is 6.21 Å². The van der Waals surface area contributed by atoms with Crippen molar-refractivity contribution in [2.24, 2.45) is 10.9 Å². The Morgan fingerprint density at radius 1 is 0.812 bits per heavy atom. The molecule has 0 bridgehead atoms. The van der Waals surface area contributed by atoms with Gasteiger partial charge in [0, 0.05) is 25.2 Å². The maximum Gasteiger partial charge on any atom is 0.166 e. The summed E-state index contributed by atoms with van der Waals surface area (Å²) < 4.78 is 5.85. The van der Waals surface area contributed by atoms with Gasteiger partial charge in [-0.25, -0.2) is 0 Å². The molecule has 2 unspecified atom stereocenters. The van der Waals surface area contributed by atoms with Crippen molar-refractivity contribution in [3.8, 4) is 0 Å². The zero-order chi connectivity index (χ0) is 22.3. The van der Waals surface area contributed by atoms with E-state index < -0.39 is 0 Å². The average Bonchev–Trinajstić information content (AvgIpc) is 3.66. The van der Waals surface area contributed by atoms with Crippen molar-refractivity contribution in [1.82, 2.24) is 9.97 Å². The van der Waals surface area contributed by atoms with E-state index in [1.807, 2.05) is 18.6 Å². The molecular formula is C28H45N3O. The Labute approximate surface area is 196 Å². The van der Waals surface area contributed by atoms with Crippen LogP contribution in [0.25, 0.3) is 0 Å². The van der Waals surface area contributed by atoms with E-state index >= 15 is 0 Å². The number of dihydropyridines is 1. The van der Waals surface area contributed by atoms with Crippen LogP contribution in [-0.4, -0.2) is 29.0 Å². The molecule has 0 amide bonds. The number of hydrogen-bond donors (Lipinski definition) is 0. The van der Waals surface area contributed by atoms with Gasteiger partial charge in [0.1, 0.15) is 0 Å². The van der Waals surface area contributed by atoms with Gasteiger partial charge in [-0.2, -0.15) is 0 Å². The van der Waals surface area contributed by atoms with Gasteiger partial charge in [0.25, 0.3) is 0 Å². The summed E-state index contributed by atoms with van der Waals surface area (Å²) in [5.74, 6) is 1.21. The number of rotatable bonds is 18. The first-order valence-electron chi connectivity index (χ1n) is 13.5. The molecule has 2 heterocycles. The maximum atomic E-state index is 5.85. The molecule has 1 aliphatic carbocycles. The van der Waals surface area contributed by atoms with Crippen molar-refractivity contribution in [3.05, 3.63) is 35.9 Å². The van der Waals surface area contributed by atoms with Gasteiger partial charge in [0.2, 0.25) is 0 Å². The third-order valence-electron chi connectivity index (χ3n) is 6.72. The Morgan fingerprint density at radius 3 is 2.25 bits per heavy atom. The topological polar surface area (TPSA) is 47.4 Å². The van der Waals surface area contributed by atoms with Crippen LogP contribution in [0, 0.1) is 5.92 Å². The van der Waals surface area contributed by atoms with Crippen LogP contribution in [0.2, 0.25) is 0 Å². The normalized spacial score (nSPS) is 20.2. The second-order valence-corrected chi connectivity index (χ2v) is 9.77. The van der Waals surface area contributed by atoms with E-state index in [1.165, 1.54) is 89.9 Å². The molecule has 1 aromatic rings. The highest BCUT2D eigenvalue weighted by Gasteiger charge is 2.19. The largest absolute Gasteiger partial charge is 0.353 e. The summed E-state index contributed by atoms with van der Waals surface area (Å²) in [6.07, 6.45) is 31.3. The van der Waals surface area contributed by atoms with Crippen LogP contribution in [0.3, 0.4) is 0 Å². The predicted octanol–water partition coefficient (Wildman–Crippen LogP) is 7.59. The fraction of sp³-hybridized carbons (Fsp3) is 0.750. The number of aromatic nitrogens is 2. The van der Waals surface area contributed by atoms with Crippen molar-refractivity contribution in [2.45, 2.75) is 122 Å². The van der Waals surface area contributed by atoms with Crippen LogP contribution in [-0.2, 0) is 11.2 Å². The lowest BCUT2D eigenvalue weighted by atomic mass is 10.0.